The van der Waals surface area contributed by atoms with Crippen molar-refractivity contribution in [3.05, 3.63) is 88.6 Å². The molecule has 0 aliphatic carbocycles. The van der Waals surface area contributed by atoms with E-state index in [2.05, 4.69) is 21.4 Å². The third kappa shape index (κ3) is 5.82. The number of nitriles is 1. The van der Waals surface area contributed by atoms with E-state index in [1.165, 1.54) is 18.2 Å². The van der Waals surface area contributed by atoms with Gasteiger partial charge in [-0.15, -0.1) is 0 Å². The normalized spacial score (nSPS) is 19.0. The van der Waals surface area contributed by atoms with Crippen LogP contribution in [0.3, 0.4) is 0 Å². The van der Waals surface area contributed by atoms with Crippen LogP contribution in [0.1, 0.15) is 65.2 Å². The lowest BCUT2D eigenvalue weighted by Gasteiger charge is -2.40. The first kappa shape index (κ1) is 28.7. The van der Waals surface area contributed by atoms with Gasteiger partial charge in [0.2, 0.25) is 5.88 Å². The van der Waals surface area contributed by atoms with Crippen LogP contribution in [0.2, 0.25) is 0 Å². The quantitative estimate of drug-likeness (QED) is 0.290. The van der Waals surface area contributed by atoms with Crippen molar-refractivity contribution in [2.45, 2.75) is 57.1 Å². The van der Waals surface area contributed by atoms with Gasteiger partial charge < -0.3 is 24.3 Å². The number of aromatic carboxylic acids is 1. The highest BCUT2D eigenvalue weighted by atomic mass is 19.1. The lowest BCUT2D eigenvalue weighted by Crippen LogP contribution is -2.44. The number of hydrogen-bond donors (Lipinski definition) is 2. The number of likely N-dealkylation sites (tertiary alicyclic amines) is 1. The molecule has 0 amide bonds. The summed E-state index contributed by atoms with van der Waals surface area (Å²) >= 11 is 0. The Bertz CT molecular complexity index is 1700. The van der Waals surface area contributed by atoms with Crippen molar-refractivity contribution in [3.8, 4) is 11.9 Å². The van der Waals surface area contributed by atoms with E-state index >= 15 is 0 Å². The smallest absolute Gasteiger partial charge is 0.335 e. The zero-order chi connectivity index (χ0) is 30.1. The first-order chi connectivity index (χ1) is 20.7. The minimum atomic E-state index is -1.16. The van der Waals surface area contributed by atoms with Crippen molar-refractivity contribution in [2.75, 3.05) is 19.7 Å². The summed E-state index contributed by atoms with van der Waals surface area (Å²) in [6.07, 6.45) is 1.89. The highest BCUT2D eigenvalue weighted by Crippen LogP contribution is 2.36. The zero-order valence-corrected chi connectivity index (χ0v) is 23.7. The molecular weight excluding hydrogens is 553 g/mol. The summed E-state index contributed by atoms with van der Waals surface area (Å²) in [5.74, 6) is -0.393. The Morgan fingerprint density at radius 3 is 2.67 bits per heavy atom. The van der Waals surface area contributed by atoms with Crippen LogP contribution in [0, 0.1) is 17.1 Å². The highest BCUT2D eigenvalue weighted by Gasteiger charge is 2.38. The molecule has 222 valence electrons. The largest absolute Gasteiger partial charge is 0.478 e. The number of aliphatic hydroxyl groups is 1. The van der Waals surface area contributed by atoms with E-state index in [1.54, 1.807) is 36.4 Å². The summed E-state index contributed by atoms with van der Waals surface area (Å²) in [4.78, 5) is 23.4. The van der Waals surface area contributed by atoms with Crippen molar-refractivity contribution in [2.24, 2.45) is 0 Å². The number of piperidine rings is 1. The molecule has 2 aromatic heterocycles. The SMILES string of the molecule is C[C@@H](c1nc2ccc(C(=O)O)cc2n1CC1CCO1)N1CCC(O)(c2cccc(OCc3ccc(C#N)cc3F)n2)CC1. The molecule has 0 spiro atoms. The Balaban J connectivity index is 1.16. The maximum Gasteiger partial charge on any atom is 0.335 e. The first-order valence-corrected chi connectivity index (χ1v) is 14.3. The fourth-order valence-electron chi connectivity index (χ4n) is 5.76. The molecule has 2 saturated heterocycles. The lowest BCUT2D eigenvalue weighted by molar-refractivity contribution is -0.0602. The van der Waals surface area contributed by atoms with Gasteiger partial charge in [0, 0.05) is 31.3 Å². The van der Waals surface area contributed by atoms with E-state index in [0.717, 1.165) is 29.9 Å². The van der Waals surface area contributed by atoms with E-state index < -0.39 is 17.4 Å². The van der Waals surface area contributed by atoms with Gasteiger partial charge in [-0.1, -0.05) is 12.1 Å². The number of fused-ring (bicyclic) bond motifs is 1. The van der Waals surface area contributed by atoms with Gasteiger partial charge in [0.25, 0.3) is 0 Å². The molecule has 4 heterocycles. The van der Waals surface area contributed by atoms with E-state index in [0.29, 0.717) is 43.7 Å². The number of halogens is 1. The monoisotopic (exact) mass is 585 g/mol. The lowest BCUT2D eigenvalue weighted by atomic mass is 9.87. The van der Waals surface area contributed by atoms with Crippen LogP contribution in [-0.4, -0.2) is 61.4 Å². The molecule has 2 fully saturated rings. The maximum atomic E-state index is 14.3. The molecule has 2 aromatic carbocycles. The number of carbonyl (C=O) groups is 1. The van der Waals surface area contributed by atoms with Gasteiger partial charge in [0.15, 0.2) is 0 Å². The fraction of sp³-hybridized carbons (Fsp3) is 0.375. The van der Waals surface area contributed by atoms with Crippen LogP contribution in [0.5, 0.6) is 5.88 Å². The van der Waals surface area contributed by atoms with Crippen molar-refractivity contribution in [3.63, 3.8) is 0 Å². The molecule has 2 aliphatic rings. The van der Waals surface area contributed by atoms with Crippen LogP contribution in [-0.2, 0) is 23.5 Å². The van der Waals surface area contributed by atoms with Crippen LogP contribution < -0.4 is 4.74 Å². The molecule has 11 heteroatoms. The van der Waals surface area contributed by atoms with E-state index in [4.69, 9.17) is 19.7 Å². The second-order valence-electron chi connectivity index (χ2n) is 11.2. The van der Waals surface area contributed by atoms with Crippen LogP contribution in [0.15, 0.2) is 54.6 Å². The fourth-order valence-corrected chi connectivity index (χ4v) is 5.76. The van der Waals surface area contributed by atoms with Crippen LogP contribution >= 0.6 is 0 Å². The average molecular weight is 586 g/mol. The number of benzene rings is 2. The molecule has 2 atom stereocenters. The van der Waals surface area contributed by atoms with Crippen molar-refractivity contribution in [1.29, 1.82) is 5.26 Å². The summed E-state index contributed by atoms with van der Waals surface area (Å²) in [6.45, 7) is 4.52. The van der Waals surface area contributed by atoms with Gasteiger partial charge in [-0.2, -0.15) is 5.26 Å². The Morgan fingerprint density at radius 2 is 2.00 bits per heavy atom. The Hall–Kier alpha value is -4.37. The minimum absolute atomic E-state index is 0.0570. The number of rotatable bonds is 9. The number of carboxylic acid groups (broad SMARTS) is 1. The number of carboxylic acids is 1. The van der Waals surface area contributed by atoms with E-state index in [9.17, 15) is 19.4 Å². The highest BCUT2D eigenvalue weighted by molar-refractivity contribution is 5.92. The first-order valence-electron chi connectivity index (χ1n) is 14.3. The van der Waals surface area contributed by atoms with Crippen LogP contribution in [0.4, 0.5) is 4.39 Å². The van der Waals surface area contributed by atoms with Crippen LogP contribution in [0.25, 0.3) is 11.0 Å². The second kappa shape index (κ2) is 11.7. The number of nitrogens with zero attached hydrogens (tertiary/aromatic N) is 5. The minimum Gasteiger partial charge on any atom is -0.478 e. The van der Waals surface area contributed by atoms with Gasteiger partial charge in [-0.25, -0.2) is 19.2 Å². The van der Waals surface area contributed by atoms with Gasteiger partial charge in [0.05, 0.1) is 52.6 Å². The van der Waals surface area contributed by atoms with Crippen molar-refractivity contribution >= 4 is 17.0 Å². The van der Waals surface area contributed by atoms with Gasteiger partial charge in [0.1, 0.15) is 23.8 Å². The third-order valence-electron chi connectivity index (χ3n) is 8.51. The third-order valence-corrected chi connectivity index (χ3v) is 8.51. The van der Waals surface area contributed by atoms with Gasteiger partial charge in [-0.05, 0) is 62.6 Å². The predicted octanol–water partition coefficient (Wildman–Crippen LogP) is 4.55. The molecule has 10 nitrogen and oxygen atoms in total. The molecule has 1 unspecified atom stereocenters. The van der Waals surface area contributed by atoms with E-state index in [-0.39, 0.29) is 35.8 Å². The molecule has 0 bridgehead atoms. The predicted molar refractivity (Wildman–Crippen MR) is 154 cm³/mol. The number of imidazole rings is 1. The molecule has 6 rings (SSSR count). The molecule has 4 aromatic rings. The van der Waals surface area contributed by atoms with Gasteiger partial charge >= 0.3 is 5.97 Å². The summed E-state index contributed by atoms with van der Waals surface area (Å²) in [6, 6.07) is 16.2. The summed E-state index contributed by atoms with van der Waals surface area (Å²) in [5, 5.41) is 30.1. The summed E-state index contributed by atoms with van der Waals surface area (Å²) in [7, 11) is 0. The van der Waals surface area contributed by atoms with Crippen molar-refractivity contribution in [1.82, 2.24) is 19.4 Å². The Morgan fingerprint density at radius 1 is 1.21 bits per heavy atom. The average Bonchev–Trinajstić information content (AvgIpc) is 3.36. The second-order valence-corrected chi connectivity index (χ2v) is 11.2. The molecule has 2 aliphatic heterocycles. The number of hydrogen-bond acceptors (Lipinski definition) is 8. The molecule has 43 heavy (non-hydrogen) atoms. The topological polar surface area (TPSA) is 134 Å². The number of pyridine rings is 1. The number of ether oxygens (including phenoxy) is 2. The zero-order valence-electron chi connectivity index (χ0n) is 23.7. The molecule has 0 radical (unpaired) electrons. The summed E-state index contributed by atoms with van der Waals surface area (Å²) < 4.78 is 27.8. The van der Waals surface area contributed by atoms with E-state index in [1.807, 2.05) is 6.07 Å². The maximum absolute atomic E-state index is 14.3. The number of aromatic nitrogens is 3. The summed E-state index contributed by atoms with van der Waals surface area (Å²) in [5.41, 5.74) is 1.60. The Labute approximate surface area is 247 Å². The van der Waals surface area contributed by atoms with Crippen molar-refractivity contribution < 1.29 is 28.9 Å². The molecule has 0 saturated carbocycles. The van der Waals surface area contributed by atoms with Gasteiger partial charge in [-0.3, -0.25) is 4.90 Å². The standard InChI is InChI=1S/C32H32FN5O5/c1-20(30-35-26-8-7-22(31(39)40)16-27(26)38(30)18-24-9-14-42-24)37-12-10-32(41,11-13-37)28-3-2-4-29(36-28)43-19-23-6-5-21(17-34)15-25(23)33/h2-8,15-16,20,24,41H,9-14,18-19H2,1H3,(H,39,40)/t20-,24?/m0/s1. The molecule has 2 N–H and O–H groups in total. The Kier molecular flexibility index (Phi) is 7.83. The molecular formula is C32H32FN5O5.